The molecule has 0 aliphatic carbocycles. The van der Waals surface area contributed by atoms with E-state index in [0.29, 0.717) is 38.2 Å². The molecule has 35 heavy (non-hydrogen) atoms. The van der Waals surface area contributed by atoms with E-state index in [4.69, 9.17) is 49.3 Å². The number of benzene rings is 2. The lowest BCUT2D eigenvalue weighted by atomic mass is 10.0. The Kier molecular flexibility index (Phi) is 6.56. The van der Waals surface area contributed by atoms with Gasteiger partial charge in [-0.3, -0.25) is 4.98 Å². The van der Waals surface area contributed by atoms with Gasteiger partial charge in [-0.25, -0.2) is 0 Å². The molecule has 2 atom stereocenters. The zero-order valence-corrected chi connectivity index (χ0v) is 21.2. The van der Waals surface area contributed by atoms with Crippen molar-refractivity contribution in [2.24, 2.45) is 0 Å². The third kappa shape index (κ3) is 4.43. The summed E-state index contributed by atoms with van der Waals surface area (Å²) in [5.41, 5.74) is 2.32. The van der Waals surface area contributed by atoms with Crippen molar-refractivity contribution in [2.75, 3.05) is 19.1 Å². The maximum Gasteiger partial charge on any atom is 0.174 e. The molecule has 0 unspecified atom stereocenters. The Hall–Kier alpha value is -3.26. The summed E-state index contributed by atoms with van der Waals surface area (Å²) in [4.78, 5) is 6.56. The standard InChI is InChI=1S/C26H21Cl2N3O3S/c1-32-16-7-9-22(33-2)20(14-16)31-25(24(30-26(31)35)19-5-3-4-12-29-19)23-11-10-21(34-23)17-8-6-15(27)13-18(17)28/h3-14,24-25H,1-2H3,(H,30,35)/t24-,25-/m1/s1. The number of thiocarbonyl (C=S) groups is 1. The highest BCUT2D eigenvalue weighted by Gasteiger charge is 2.43. The van der Waals surface area contributed by atoms with E-state index in [0.717, 1.165) is 16.9 Å². The molecule has 6 nitrogen and oxygen atoms in total. The summed E-state index contributed by atoms with van der Waals surface area (Å²) in [5, 5.41) is 5.00. The van der Waals surface area contributed by atoms with Crippen molar-refractivity contribution in [2.45, 2.75) is 12.1 Å². The van der Waals surface area contributed by atoms with Gasteiger partial charge in [0.2, 0.25) is 0 Å². The number of nitrogens with zero attached hydrogens (tertiary/aromatic N) is 2. The second-order valence-electron chi connectivity index (χ2n) is 7.86. The first kappa shape index (κ1) is 23.5. The second kappa shape index (κ2) is 9.77. The molecule has 2 aromatic heterocycles. The minimum absolute atomic E-state index is 0.278. The summed E-state index contributed by atoms with van der Waals surface area (Å²) in [6, 6.07) is 19.8. The average molecular weight is 526 g/mol. The fraction of sp³-hybridized carbons (Fsp3) is 0.154. The average Bonchev–Trinajstić information content (AvgIpc) is 3.48. The molecule has 9 heteroatoms. The predicted molar refractivity (Wildman–Crippen MR) is 142 cm³/mol. The number of ether oxygens (including phenoxy) is 2. The summed E-state index contributed by atoms with van der Waals surface area (Å²) in [6.45, 7) is 0. The molecular formula is C26H21Cl2N3O3S. The van der Waals surface area contributed by atoms with Crippen molar-refractivity contribution in [3.63, 3.8) is 0 Å². The molecule has 5 rings (SSSR count). The molecule has 178 valence electrons. The monoisotopic (exact) mass is 525 g/mol. The van der Waals surface area contributed by atoms with Crippen LogP contribution < -0.4 is 19.7 Å². The molecule has 2 aromatic carbocycles. The number of aromatic nitrogens is 1. The van der Waals surface area contributed by atoms with Crippen LogP contribution in [0, 0.1) is 0 Å². The van der Waals surface area contributed by atoms with E-state index in [9.17, 15) is 0 Å². The van der Waals surface area contributed by atoms with Gasteiger partial charge in [0.1, 0.15) is 29.1 Å². The van der Waals surface area contributed by atoms with Gasteiger partial charge in [0.15, 0.2) is 5.11 Å². The highest BCUT2D eigenvalue weighted by molar-refractivity contribution is 7.80. The van der Waals surface area contributed by atoms with E-state index >= 15 is 0 Å². The summed E-state index contributed by atoms with van der Waals surface area (Å²) < 4.78 is 17.5. The van der Waals surface area contributed by atoms with Crippen LogP contribution in [-0.4, -0.2) is 24.3 Å². The van der Waals surface area contributed by atoms with Gasteiger partial charge in [-0.15, -0.1) is 0 Å². The van der Waals surface area contributed by atoms with Gasteiger partial charge in [0.25, 0.3) is 0 Å². The molecule has 1 N–H and O–H groups in total. The number of anilines is 1. The number of furan rings is 1. The molecule has 1 fully saturated rings. The van der Waals surface area contributed by atoms with Crippen molar-refractivity contribution in [3.05, 3.63) is 94.4 Å². The molecule has 0 bridgehead atoms. The van der Waals surface area contributed by atoms with Crippen LogP contribution in [0.4, 0.5) is 5.69 Å². The zero-order chi connectivity index (χ0) is 24.5. The molecule has 0 radical (unpaired) electrons. The van der Waals surface area contributed by atoms with Gasteiger partial charge in [0.05, 0.1) is 36.7 Å². The van der Waals surface area contributed by atoms with E-state index in [1.807, 2.05) is 59.5 Å². The lowest BCUT2D eigenvalue weighted by Gasteiger charge is -2.27. The normalized spacial score (nSPS) is 17.4. The Morgan fingerprint density at radius 3 is 2.57 bits per heavy atom. The molecule has 4 aromatic rings. The van der Waals surface area contributed by atoms with Crippen LogP contribution in [0.25, 0.3) is 11.3 Å². The number of methoxy groups -OCH3 is 2. The molecule has 3 heterocycles. The maximum absolute atomic E-state index is 6.45. The minimum Gasteiger partial charge on any atom is -0.497 e. The first-order chi connectivity index (χ1) is 17.0. The molecular weight excluding hydrogens is 505 g/mol. The maximum atomic E-state index is 6.45. The molecule has 0 saturated carbocycles. The van der Waals surface area contributed by atoms with E-state index < -0.39 is 0 Å². The van der Waals surface area contributed by atoms with E-state index in [1.54, 1.807) is 32.5 Å². The van der Waals surface area contributed by atoms with Crippen molar-refractivity contribution in [3.8, 4) is 22.8 Å². The van der Waals surface area contributed by atoms with Crippen LogP contribution in [0.15, 0.2) is 77.3 Å². The Balaban J connectivity index is 1.65. The van der Waals surface area contributed by atoms with E-state index in [2.05, 4.69) is 10.3 Å². The Morgan fingerprint density at radius 2 is 1.86 bits per heavy atom. The van der Waals surface area contributed by atoms with Crippen LogP contribution in [0.5, 0.6) is 11.5 Å². The number of nitrogens with one attached hydrogen (secondary N) is 1. The van der Waals surface area contributed by atoms with E-state index in [1.165, 1.54) is 0 Å². The van der Waals surface area contributed by atoms with Crippen molar-refractivity contribution < 1.29 is 13.9 Å². The molecule has 0 amide bonds. The highest BCUT2D eigenvalue weighted by Crippen LogP contribution is 2.46. The van der Waals surface area contributed by atoms with Gasteiger partial charge < -0.3 is 24.1 Å². The topological polar surface area (TPSA) is 59.8 Å². The van der Waals surface area contributed by atoms with Crippen molar-refractivity contribution >= 4 is 46.2 Å². The summed E-state index contributed by atoms with van der Waals surface area (Å²) in [5.74, 6) is 2.63. The Labute approximate surface area is 218 Å². The first-order valence-electron chi connectivity index (χ1n) is 10.8. The zero-order valence-electron chi connectivity index (χ0n) is 18.9. The number of pyridine rings is 1. The van der Waals surface area contributed by atoms with Crippen LogP contribution >= 0.6 is 35.4 Å². The van der Waals surface area contributed by atoms with Crippen LogP contribution in [-0.2, 0) is 0 Å². The number of halogens is 2. The molecule has 1 aliphatic rings. The van der Waals surface area contributed by atoms with Crippen LogP contribution in [0.2, 0.25) is 10.0 Å². The Bertz CT molecular complexity index is 1380. The lowest BCUT2D eigenvalue weighted by molar-refractivity contribution is 0.400. The summed E-state index contributed by atoms with van der Waals surface area (Å²) in [6.07, 6.45) is 1.76. The molecule has 1 saturated heterocycles. The molecule has 0 spiro atoms. The van der Waals surface area contributed by atoms with E-state index in [-0.39, 0.29) is 12.1 Å². The van der Waals surface area contributed by atoms with Gasteiger partial charge in [-0.2, -0.15) is 0 Å². The van der Waals surface area contributed by atoms with Gasteiger partial charge in [0, 0.05) is 22.8 Å². The van der Waals surface area contributed by atoms with Gasteiger partial charge in [-0.1, -0.05) is 29.3 Å². The summed E-state index contributed by atoms with van der Waals surface area (Å²) >= 11 is 18.3. The van der Waals surface area contributed by atoms with Crippen LogP contribution in [0.3, 0.4) is 0 Å². The van der Waals surface area contributed by atoms with Crippen LogP contribution in [0.1, 0.15) is 23.5 Å². The Morgan fingerprint density at radius 1 is 1.00 bits per heavy atom. The van der Waals surface area contributed by atoms with Gasteiger partial charge in [-0.05, 0) is 66.8 Å². The number of hydrogen-bond acceptors (Lipinski definition) is 5. The summed E-state index contributed by atoms with van der Waals surface area (Å²) in [7, 11) is 3.24. The largest absolute Gasteiger partial charge is 0.497 e. The molecule has 1 aliphatic heterocycles. The first-order valence-corrected chi connectivity index (χ1v) is 11.9. The quantitative estimate of drug-likeness (QED) is 0.276. The van der Waals surface area contributed by atoms with Crippen molar-refractivity contribution in [1.82, 2.24) is 10.3 Å². The SMILES string of the molecule is COc1ccc(OC)c(N2C(=S)N[C@H](c3ccccn3)[C@H]2c2ccc(-c3ccc(Cl)cc3Cl)o2)c1. The van der Waals surface area contributed by atoms with Crippen molar-refractivity contribution in [1.29, 1.82) is 0 Å². The number of hydrogen-bond donors (Lipinski definition) is 1. The van der Waals surface area contributed by atoms with Gasteiger partial charge >= 0.3 is 0 Å². The predicted octanol–water partition coefficient (Wildman–Crippen LogP) is 6.84. The lowest BCUT2D eigenvalue weighted by Crippen LogP contribution is -2.29. The second-order valence-corrected chi connectivity index (χ2v) is 9.09. The fourth-order valence-electron chi connectivity index (χ4n) is 4.23. The minimum atomic E-state index is -0.363. The highest BCUT2D eigenvalue weighted by atomic mass is 35.5. The fourth-order valence-corrected chi connectivity index (χ4v) is 5.07. The number of rotatable bonds is 6. The third-order valence-corrected chi connectivity index (χ3v) is 6.72. The smallest absolute Gasteiger partial charge is 0.174 e. The third-order valence-electron chi connectivity index (χ3n) is 5.86.